The summed E-state index contributed by atoms with van der Waals surface area (Å²) in [5.41, 5.74) is 0. The Morgan fingerprint density at radius 3 is 2.40 bits per heavy atom. The van der Waals surface area contributed by atoms with E-state index in [2.05, 4.69) is 19.1 Å². The first-order chi connectivity index (χ1) is 7.23. The number of carbonyl (C=O) groups excluding carboxylic acids is 1. The van der Waals surface area contributed by atoms with Crippen LogP contribution < -0.4 is 0 Å². The average molecular weight is 216 g/mol. The maximum absolute atomic E-state index is 12.1. The summed E-state index contributed by atoms with van der Waals surface area (Å²) < 4.78 is -0.0959. The van der Waals surface area contributed by atoms with Gasteiger partial charge in [0.1, 0.15) is 0 Å². The zero-order valence-corrected chi connectivity index (χ0v) is 9.33. The van der Waals surface area contributed by atoms with Crippen molar-refractivity contribution in [3.8, 4) is 0 Å². The van der Waals surface area contributed by atoms with Gasteiger partial charge in [0.05, 0.1) is 4.75 Å². The fourth-order valence-electron chi connectivity index (χ4n) is 3.45. The lowest BCUT2D eigenvalue weighted by Gasteiger charge is -2.21. The highest BCUT2D eigenvalue weighted by Crippen LogP contribution is 2.85. The molecule has 15 heavy (non-hydrogen) atoms. The van der Waals surface area contributed by atoms with Crippen molar-refractivity contribution >= 4 is 17.5 Å². The predicted octanol–water partition coefficient (Wildman–Crippen LogP) is 2.61. The number of hydrogen-bond acceptors (Lipinski definition) is 2. The van der Waals surface area contributed by atoms with E-state index in [4.69, 9.17) is 0 Å². The predicted molar refractivity (Wildman–Crippen MR) is 59.7 cm³/mol. The quantitative estimate of drug-likeness (QED) is 0.756. The smallest absolute Gasteiger partial charge is 0.152 e. The van der Waals surface area contributed by atoms with E-state index in [0.29, 0.717) is 17.6 Å². The monoisotopic (exact) mass is 216 g/mol. The Morgan fingerprint density at radius 1 is 1.20 bits per heavy atom. The van der Waals surface area contributed by atoms with Crippen LogP contribution in [-0.4, -0.2) is 10.5 Å². The largest absolute Gasteiger partial charge is 0.298 e. The number of ketones is 1. The Kier molecular flexibility index (Phi) is 1.30. The van der Waals surface area contributed by atoms with Gasteiger partial charge in [0, 0.05) is 10.8 Å². The molecule has 5 rings (SSSR count). The molecule has 0 amide bonds. The average Bonchev–Trinajstić information content (AvgIpc) is 3.04. The number of carbonyl (C=O) groups is 1. The lowest BCUT2D eigenvalue weighted by atomic mass is 10.1. The highest BCUT2D eigenvalue weighted by atomic mass is 32.2. The molecule has 2 bridgehead atoms. The van der Waals surface area contributed by atoms with Gasteiger partial charge in [-0.05, 0) is 36.8 Å². The molecule has 0 spiro atoms. The van der Waals surface area contributed by atoms with Crippen LogP contribution in [0, 0.1) is 23.7 Å². The van der Waals surface area contributed by atoms with Crippen LogP contribution in [0.5, 0.6) is 0 Å². The Bertz CT molecular complexity index is 445. The van der Waals surface area contributed by atoms with Crippen LogP contribution in [0.15, 0.2) is 35.2 Å². The summed E-state index contributed by atoms with van der Waals surface area (Å²) in [5.74, 6) is 3.28. The van der Waals surface area contributed by atoms with Gasteiger partial charge in [0.25, 0.3) is 0 Å². The minimum Gasteiger partial charge on any atom is -0.298 e. The third-order valence-electron chi connectivity index (χ3n) is 4.32. The number of benzene rings is 1. The molecule has 4 aliphatic carbocycles. The summed E-state index contributed by atoms with van der Waals surface area (Å²) in [5, 5.41) is 0. The van der Waals surface area contributed by atoms with E-state index in [1.165, 1.54) is 4.90 Å². The van der Waals surface area contributed by atoms with Crippen LogP contribution in [-0.2, 0) is 4.79 Å². The van der Waals surface area contributed by atoms with Crippen molar-refractivity contribution in [2.45, 2.75) is 16.6 Å². The third-order valence-corrected chi connectivity index (χ3v) is 5.73. The number of hydrogen-bond donors (Lipinski definition) is 0. The molecule has 0 saturated heterocycles. The Morgan fingerprint density at radius 2 is 1.87 bits per heavy atom. The highest BCUT2D eigenvalue weighted by Gasteiger charge is 2.88. The molecule has 5 atom stereocenters. The number of rotatable bonds is 2. The molecule has 4 aliphatic rings. The summed E-state index contributed by atoms with van der Waals surface area (Å²) in [4.78, 5) is 13.3. The molecule has 0 aliphatic heterocycles. The van der Waals surface area contributed by atoms with Crippen molar-refractivity contribution in [2.24, 2.45) is 23.7 Å². The minimum absolute atomic E-state index is 0.0959. The molecule has 1 aromatic carbocycles. The van der Waals surface area contributed by atoms with Crippen LogP contribution in [0.4, 0.5) is 0 Å². The standard InChI is InChI=1S/C13H12OS/c1-13(15-7-5-3-2-4-6-7)11-8-9(11)10(8)12(13)14/h2-6,8-11H,1H3/t8-,9+,10?,11?,13-/m0/s1. The first-order valence-electron chi connectivity index (χ1n) is 5.52. The van der Waals surface area contributed by atoms with Crippen LogP contribution in [0.25, 0.3) is 0 Å². The molecule has 1 nitrogen and oxygen atoms in total. The first-order valence-corrected chi connectivity index (χ1v) is 6.33. The van der Waals surface area contributed by atoms with Gasteiger partial charge in [0.2, 0.25) is 0 Å². The molecule has 0 radical (unpaired) electrons. The third kappa shape index (κ3) is 0.855. The van der Waals surface area contributed by atoms with Crippen molar-refractivity contribution in [2.75, 3.05) is 0 Å². The SMILES string of the molecule is C[C@@]1(Sc2ccccc2)C(=O)C2[C@@H]3C1[C@H]23. The summed E-state index contributed by atoms with van der Waals surface area (Å²) >= 11 is 1.78. The van der Waals surface area contributed by atoms with Gasteiger partial charge in [-0.1, -0.05) is 18.2 Å². The molecule has 4 fully saturated rings. The van der Waals surface area contributed by atoms with Gasteiger partial charge < -0.3 is 0 Å². The van der Waals surface area contributed by atoms with E-state index in [-0.39, 0.29) is 4.75 Å². The highest BCUT2D eigenvalue weighted by molar-refractivity contribution is 8.01. The lowest BCUT2D eigenvalue weighted by Crippen LogP contribution is -2.26. The zero-order valence-electron chi connectivity index (χ0n) is 8.51. The molecule has 0 N–H and O–H groups in total. The first kappa shape index (κ1) is 8.40. The zero-order chi connectivity index (χ0) is 10.2. The van der Waals surface area contributed by atoms with Crippen LogP contribution in [0.3, 0.4) is 0 Å². The molecule has 0 aromatic heterocycles. The van der Waals surface area contributed by atoms with Crippen LogP contribution in [0.1, 0.15) is 6.92 Å². The molecule has 1 aromatic rings. The summed E-state index contributed by atoms with van der Waals surface area (Å²) in [6.07, 6.45) is 0. The second-order valence-electron chi connectivity index (χ2n) is 5.09. The van der Waals surface area contributed by atoms with Crippen LogP contribution in [0.2, 0.25) is 0 Å². The van der Waals surface area contributed by atoms with Crippen LogP contribution >= 0.6 is 11.8 Å². The fourth-order valence-corrected chi connectivity index (χ4v) is 4.92. The fraction of sp³-hybridized carbons (Fsp3) is 0.462. The maximum atomic E-state index is 12.1. The molecular formula is C13H12OS. The molecule has 2 heteroatoms. The topological polar surface area (TPSA) is 17.1 Å². The second-order valence-corrected chi connectivity index (χ2v) is 6.62. The number of thioether (sulfide) groups is 1. The van der Waals surface area contributed by atoms with E-state index < -0.39 is 0 Å². The second kappa shape index (κ2) is 2.32. The van der Waals surface area contributed by atoms with Crippen molar-refractivity contribution in [1.29, 1.82) is 0 Å². The molecule has 76 valence electrons. The minimum atomic E-state index is -0.0959. The van der Waals surface area contributed by atoms with Crippen molar-refractivity contribution in [3.63, 3.8) is 0 Å². The maximum Gasteiger partial charge on any atom is 0.152 e. The summed E-state index contributed by atoms with van der Waals surface area (Å²) in [6.45, 7) is 2.15. The summed E-state index contributed by atoms with van der Waals surface area (Å²) in [6, 6.07) is 10.3. The number of fused-ring (bicyclic) bond motifs is 1. The normalized spacial score (nSPS) is 49.0. The van der Waals surface area contributed by atoms with Gasteiger partial charge in [-0.3, -0.25) is 4.79 Å². The van der Waals surface area contributed by atoms with Gasteiger partial charge in [-0.2, -0.15) is 0 Å². The summed E-state index contributed by atoms with van der Waals surface area (Å²) in [7, 11) is 0. The molecule has 0 heterocycles. The molecule has 2 unspecified atom stereocenters. The van der Waals surface area contributed by atoms with Gasteiger partial charge in [-0.15, -0.1) is 11.8 Å². The Hall–Kier alpha value is -0.760. The van der Waals surface area contributed by atoms with E-state index in [9.17, 15) is 4.79 Å². The van der Waals surface area contributed by atoms with E-state index in [1.54, 1.807) is 11.8 Å². The number of Topliss-reactive ketones (excluding diaryl/α,β-unsaturated/α-hetero) is 1. The van der Waals surface area contributed by atoms with E-state index >= 15 is 0 Å². The Labute approximate surface area is 93.3 Å². The Balaban J connectivity index is 1.66. The van der Waals surface area contributed by atoms with Gasteiger partial charge in [0.15, 0.2) is 5.78 Å². The van der Waals surface area contributed by atoms with Gasteiger partial charge in [-0.25, -0.2) is 0 Å². The lowest BCUT2D eigenvalue weighted by molar-refractivity contribution is -0.119. The van der Waals surface area contributed by atoms with Crippen molar-refractivity contribution in [3.05, 3.63) is 30.3 Å². The molecule has 4 saturated carbocycles. The van der Waals surface area contributed by atoms with Crippen molar-refractivity contribution < 1.29 is 4.79 Å². The van der Waals surface area contributed by atoms with Gasteiger partial charge >= 0.3 is 0 Å². The van der Waals surface area contributed by atoms with E-state index in [0.717, 1.165) is 11.8 Å². The van der Waals surface area contributed by atoms with Crippen molar-refractivity contribution in [1.82, 2.24) is 0 Å². The molecular weight excluding hydrogens is 204 g/mol. The van der Waals surface area contributed by atoms with E-state index in [1.807, 2.05) is 18.2 Å².